The summed E-state index contributed by atoms with van der Waals surface area (Å²) in [6, 6.07) is 3.43. The lowest BCUT2D eigenvalue weighted by molar-refractivity contribution is -0.128. The van der Waals surface area contributed by atoms with Gasteiger partial charge in [0.15, 0.2) is 0 Å². The van der Waals surface area contributed by atoms with Crippen molar-refractivity contribution in [3.63, 3.8) is 0 Å². The highest BCUT2D eigenvalue weighted by atomic mass is 19.1. The van der Waals surface area contributed by atoms with Gasteiger partial charge in [0.05, 0.1) is 6.54 Å². The highest BCUT2D eigenvalue weighted by molar-refractivity contribution is 5.81. The Kier molecular flexibility index (Phi) is 3.61. The zero-order valence-electron chi connectivity index (χ0n) is 10.4. The molecule has 18 heavy (non-hydrogen) atoms. The van der Waals surface area contributed by atoms with Crippen LogP contribution in [0.4, 0.5) is 8.78 Å². The zero-order valence-corrected chi connectivity index (χ0v) is 10.4. The quantitative estimate of drug-likeness (QED) is 0.895. The fourth-order valence-corrected chi connectivity index (χ4v) is 2.14. The average Bonchev–Trinajstić information content (AvgIpc) is 2.60. The van der Waals surface area contributed by atoms with Gasteiger partial charge in [-0.15, -0.1) is 0 Å². The van der Waals surface area contributed by atoms with Crippen LogP contribution in [0.5, 0.6) is 0 Å². The lowest BCUT2D eigenvalue weighted by Gasteiger charge is -2.26. The SMILES string of the molecule is CC(C)CN1C(=O)CNC1c1ccc(F)cc1F. The summed E-state index contributed by atoms with van der Waals surface area (Å²) in [7, 11) is 0. The minimum Gasteiger partial charge on any atom is -0.321 e. The van der Waals surface area contributed by atoms with E-state index in [1.165, 1.54) is 12.1 Å². The van der Waals surface area contributed by atoms with E-state index in [0.29, 0.717) is 18.0 Å². The molecule has 98 valence electrons. The van der Waals surface area contributed by atoms with E-state index < -0.39 is 17.8 Å². The number of nitrogens with zero attached hydrogens (tertiary/aromatic N) is 1. The Morgan fingerprint density at radius 1 is 1.44 bits per heavy atom. The normalized spacial score (nSPS) is 19.9. The molecule has 1 saturated heterocycles. The Bertz CT molecular complexity index is 462. The van der Waals surface area contributed by atoms with Gasteiger partial charge in [-0.05, 0) is 18.1 Å². The summed E-state index contributed by atoms with van der Waals surface area (Å²) in [6.45, 7) is 4.72. The van der Waals surface area contributed by atoms with Crippen molar-refractivity contribution in [2.75, 3.05) is 13.1 Å². The van der Waals surface area contributed by atoms with Crippen LogP contribution in [0.3, 0.4) is 0 Å². The number of hydrogen-bond donors (Lipinski definition) is 1. The second-order valence-corrected chi connectivity index (χ2v) is 4.89. The Balaban J connectivity index is 2.28. The molecule has 1 unspecified atom stereocenters. The van der Waals surface area contributed by atoms with Gasteiger partial charge in [-0.1, -0.05) is 13.8 Å². The highest BCUT2D eigenvalue weighted by Crippen LogP contribution is 2.26. The number of amides is 1. The molecule has 1 N–H and O–H groups in total. The number of carbonyl (C=O) groups is 1. The largest absolute Gasteiger partial charge is 0.321 e. The van der Waals surface area contributed by atoms with Crippen LogP contribution < -0.4 is 5.32 Å². The summed E-state index contributed by atoms with van der Waals surface area (Å²) in [5, 5.41) is 2.95. The van der Waals surface area contributed by atoms with Crippen LogP contribution >= 0.6 is 0 Å². The number of carbonyl (C=O) groups excluding carboxylic acids is 1. The molecule has 1 atom stereocenters. The predicted molar refractivity (Wildman–Crippen MR) is 63.7 cm³/mol. The van der Waals surface area contributed by atoms with E-state index in [9.17, 15) is 13.6 Å². The molecule has 1 aromatic rings. The standard InChI is InChI=1S/C13H16F2N2O/c1-8(2)7-17-12(18)6-16-13(17)10-4-3-9(14)5-11(10)15/h3-5,8,13,16H,6-7H2,1-2H3. The first-order valence-corrected chi connectivity index (χ1v) is 5.97. The smallest absolute Gasteiger partial charge is 0.238 e. The molecule has 1 heterocycles. The lowest BCUT2D eigenvalue weighted by Crippen LogP contribution is -2.33. The van der Waals surface area contributed by atoms with Crippen LogP contribution in [0.1, 0.15) is 25.6 Å². The van der Waals surface area contributed by atoms with Crippen molar-refractivity contribution in [1.29, 1.82) is 0 Å². The molecule has 1 amide bonds. The van der Waals surface area contributed by atoms with Gasteiger partial charge in [0, 0.05) is 18.2 Å². The number of nitrogens with one attached hydrogen (secondary N) is 1. The molecule has 1 aliphatic rings. The van der Waals surface area contributed by atoms with E-state index in [1.807, 2.05) is 13.8 Å². The maximum absolute atomic E-state index is 13.7. The van der Waals surface area contributed by atoms with Crippen LogP contribution in [0.15, 0.2) is 18.2 Å². The second-order valence-electron chi connectivity index (χ2n) is 4.89. The van der Waals surface area contributed by atoms with Gasteiger partial charge < -0.3 is 4.90 Å². The first-order chi connectivity index (χ1) is 8.49. The molecule has 3 nitrogen and oxygen atoms in total. The third-order valence-electron chi connectivity index (χ3n) is 2.90. The Morgan fingerprint density at radius 2 is 2.17 bits per heavy atom. The van der Waals surface area contributed by atoms with Gasteiger partial charge in [0.2, 0.25) is 5.91 Å². The fraction of sp³-hybridized carbons (Fsp3) is 0.462. The summed E-state index contributed by atoms with van der Waals surface area (Å²) in [5.74, 6) is -1.01. The second kappa shape index (κ2) is 5.02. The first-order valence-electron chi connectivity index (χ1n) is 5.97. The number of benzene rings is 1. The van der Waals surface area contributed by atoms with Crippen molar-refractivity contribution in [2.24, 2.45) is 5.92 Å². The van der Waals surface area contributed by atoms with Crippen molar-refractivity contribution in [1.82, 2.24) is 10.2 Å². The molecule has 1 fully saturated rings. The van der Waals surface area contributed by atoms with Gasteiger partial charge in [0.25, 0.3) is 0 Å². The van der Waals surface area contributed by atoms with E-state index in [2.05, 4.69) is 5.32 Å². The summed E-state index contributed by atoms with van der Waals surface area (Å²) in [5.41, 5.74) is 0.308. The van der Waals surface area contributed by atoms with Crippen molar-refractivity contribution >= 4 is 5.91 Å². The van der Waals surface area contributed by atoms with Crippen molar-refractivity contribution < 1.29 is 13.6 Å². The van der Waals surface area contributed by atoms with Crippen molar-refractivity contribution in [2.45, 2.75) is 20.0 Å². The van der Waals surface area contributed by atoms with Crippen molar-refractivity contribution in [3.8, 4) is 0 Å². The van der Waals surface area contributed by atoms with Crippen LogP contribution in [0.25, 0.3) is 0 Å². The van der Waals surface area contributed by atoms with Gasteiger partial charge >= 0.3 is 0 Å². The summed E-state index contributed by atoms with van der Waals surface area (Å²) >= 11 is 0. The molecule has 5 heteroatoms. The number of rotatable bonds is 3. The molecule has 0 aliphatic carbocycles. The van der Waals surface area contributed by atoms with Crippen LogP contribution in [0.2, 0.25) is 0 Å². The van der Waals surface area contributed by atoms with E-state index in [0.717, 1.165) is 6.07 Å². The molecule has 1 aromatic carbocycles. The maximum atomic E-state index is 13.7. The molecular weight excluding hydrogens is 238 g/mol. The molecule has 1 aliphatic heterocycles. The molecule has 0 saturated carbocycles. The summed E-state index contributed by atoms with van der Waals surface area (Å²) in [4.78, 5) is 13.3. The van der Waals surface area contributed by atoms with Gasteiger partial charge in [-0.25, -0.2) is 8.78 Å². The van der Waals surface area contributed by atoms with E-state index >= 15 is 0 Å². The fourth-order valence-electron chi connectivity index (χ4n) is 2.14. The molecule has 0 aromatic heterocycles. The van der Waals surface area contributed by atoms with Crippen molar-refractivity contribution in [3.05, 3.63) is 35.4 Å². The Morgan fingerprint density at radius 3 is 2.78 bits per heavy atom. The summed E-state index contributed by atoms with van der Waals surface area (Å²) in [6.07, 6.45) is -0.500. The Hall–Kier alpha value is -1.49. The minimum atomic E-state index is -0.629. The van der Waals surface area contributed by atoms with Gasteiger partial charge in [-0.3, -0.25) is 10.1 Å². The molecule has 0 radical (unpaired) electrons. The maximum Gasteiger partial charge on any atom is 0.238 e. The minimum absolute atomic E-state index is 0.0579. The van der Waals surface area contributed by atoms with E-state index in [1.54, 1.807) is 4.90 Å². The monoisotopic (exact) mass is 254 g/mol. The van der Waals surface area contributed by atoms with E-state index in [4.69, 9.17) is 0 Å². The van der Waals surface area contributed by atoms with E-state index in [-0.39, 0.29) is 12.5 Å². The van der Waals surface area contributed by atoms with Crippen LogP contribution in [-0.2, 0) is 4.79 Å². The third kappa shape index (κ3) is 2.51. The molecular formula is C13H16F2N2O. The first kappa shape index (κ1) is 13.0. The van der Waals surface area contributed by atoms with Crippen LogP contribution in [0, 0.1) is 17.6 Å². The predicted octanol–water partition coefficient (Wildman–Crippen LogP) is 2.05. The summed E-state index contributed by atoms with van der Waals surface area (Å²) < 4.78 is 26.6. The third-order valence-corrected chi connectivity index (χ3v) is 2.90. The molecule has 0 bridgehead atoms. The zero-order chi connectivity index (χ0) is 13.3. The lowest BCUT2D eigenvalue weighted by atomic mass is 10.1. The van der Waals surface area contributed by atoms with Gasteiger partial charge in [0.1, 0.15) is 17.8 Å². The topological polar surface area (TPSA) is 32.3 Å². The molecule has 2 rings (SSSR count). The molecule has 0 spiro atoms. The highest BCUT2D eigenvalue weighted by Gasteiger charge is 2.33. The number of hydrogen-bond acceptors (Lipinski definition) is 2. The van der Waals surface area contributed by atoms with Gasteiger partial charge in [-0.2, -0.15) is 0 Å². The average molecular weight is 254 g/mol. The van der Waals surface area contributed by atoms with Crippen LogP contribution in [-0.4, -0.2) is 23.9 Å². The number of halogens is 2. The Labute approximate surface area is 105 Å².